The van der Waals surface area contributed by atoms with E-state index >= 15 is 0 Å². The second-order valence-electron chi connectivity index (χ2n) is 2.25. The molecule has 3 nitrogen and oxygen atoms in total. The Morgan fingerprint density at radius 2 is 2.60 bits per heavy atom. The maximum Gasteiger partial charge on any atom is 0.333 e. The molecule has 1 heterocycles. The monoisotopic (exact) mass is 143 g/mol. The minimum Gasteiger partial charge on any atom is -0.466 e. The Balaban J connectivity index is 0.000001000. The predicted octanol–water partition coefficient (Wildman–Crippen LogP) is 0.617. The molecule has 10 heavy (non-hydrogen) atoms. The van der Waals surface area contributed by atoms with Crippen LogP contribution in [0.4, 0.5) is 0 Å². The summed E-state index contributed by atoms with van der Waals surface area (Å²) in [6.45, 7) is 4.30. The summed E-state index contributed by atoms with van der Waals surface area (Å²) in [6, 6.07) is 0. The predicted molar refractivity (Wildman–Crippen MR) is 36.6 cm³/mol. The van der Waals surface area contributed by atoms with Crippen LogP contribution in [-0.4, -0.2) is 25.8 Å². The van der Waals surface area contributed by atoms with E-state index in [9.17, 15) is 4.79 Å². The summed E-state index contributed by atoms with van der Waals surface area (Å²) >= 11 is 0. The van der Waals surface area contributed by atoms with Crippen molar-refractivity contribution in [2.45, 2.75) is 12.5 Å². The first-order valence-electron chi connectivity index (χ1n) is 3.11. The van der Waals surface area contributed by atoms with Gasteiger partial charge in [0.15, 0.2) is 0 Å². The van der Waals surface area contributed by atoms with Gasteiger partial charge in [0.25, 0.3) is 0 Å². The maximum absolute atomic E-state index is 10.7. The number of esters is 1. The topological polar surface area (TPSA) is 38.8 Å². The Morgan fingerprint density at radius 3 is 3.00 bits per heavy atom. The van der Waals surface area contributed by atoms with Gasteiger partial charge >= 0.3 is 5.97 Å². The lowest BCUT2D eigenvalue weighted by Crippen LogP contribution is -2.05. The van der Waals surface area contributed by atoms with Crippen molar-refractivity contribution < 1.29 is 15.7 Å². The van der Waals surface area contributed by atoms with Crippen LogP contribution in [0.1, 0.15) is 7.85 Å². The molecule has 0 amide bonds. The number of carbonyl (C=O) groups is 1. The fourth-order valence-corrected chi connectivity index (χ4v) is 0.688. The van der Waals surface area contributed by atoms with E-state index in [1.165, 1.54) is 7.11 Å². The van der Waals surface area contributed by atoms with Gasteiger partial charge in [0.2, 0.25) is 0 Å². The highest BCUT2D eigenvalue weighted by Gasteiger charge is 2.25. The molecule has 1 fully saturated rings. The lowest BCUT2D eigenvalue weighted by atomic mass is 10.2. The molecular formula is C7H11O3. The number of carbonyl (C=O) groups excluding carboxylic acids is 1. The second kappa shape index (κ2) is 2.84. The Bertz CT molecular complexity index is 163. The lowest BCUT2D eigenvalue weighted by Gasteiger charge is -1.98. The van der Waals surface area contributed by atoms with E-state index in [1.54, 1.807) is 0 Å². The molecule has 3 heteroatoms. The van der Waals surface area contributed by atoms with E-state index < -0.39 is 0 Å². The van der Waals surface area contributed by atoms with Crippen molar-refractivity contribution in [3.05, 3.63) is 12.2 Å². The molecule has 0 spiro atoms. The van der Waals surface area contributed by atoms with Crippen molar-refractivity contribution in [1.82, 2.24) is 0 Å². The summed E-state index contributed by atoms with van der Waals surface area (Å²) in [5.74, 6) is -0.337. The van der Waals surface area contributed by atoms with E-state index in [0.29, 0.717) is 12.0 Å². The van der Waals surface area contributed by atoms with Crippen LogP contribution in [0.3, 0.4) is 0 Å². The van der Waals surface area contributed by atoms with Crippen molar-refractivity contribution in [3.63, 3.8) is 0 Å². The first-order valence-corrected chi connectivity index (χ1v) is 3.11. The minimum absolute atomic E-state index is 0. The Labute approximate surface area is 61.1 Å². The van der Waals surface area contributed by atoms with Crippen LogP contribution in [0.5, 0.6) is 0 Å². The summed E-state index contributed by atoms with van der Waals surface area (Å²) < 4.78 is 9.35. The Kier molecular flexibility index (Phi) is 2.06. The van der Waals surface area contributed by atoms with Crippen LogP contribution in [0.25, 0.3) is 0 Å². The maximum atomic E-state index is 10.7. The summed E-state index contributed by atoms with van der Waals surface area (Å²) in [5.41, 5.74) is 0.491. The van der Waals surface area contributed by atoms with Crippen LogP contribution >= 0.6 is 0 Å². The van der Waals surface area contributed by atoms with Gasteiger partial charge in [-0.25, -0.2) is 4.79 Å². The molecule has 1 aliphatic heterocycles. The van der Waals surface area contributed by atoms with Gasteiger partial charge in [-0.3, -0.25) is 0 Å². The van der Waals surface area contributed by atoms with E-state index in [0.717, 1.165) is 6.61 Å². The summed E-state index contributed by atoms with van der Waals surface area (Å²) in [6.07, 6.45) is 0.818. The number of hydrogen-bond donors (Lipinski definition) is 0. The molecule has 1 unspecified atom stereocenters. The van der Waals surface area contributed by atoms with Crippen LogP contribution in [0, 0.1) is 0 Å². The number of hydrogen-bond acceptors (Lipinski definition) is 3. The van der Waals surface area contributed by atoms with Gasteiger partial charge in [0, 0.05) is 13.4 Å². The lowest BCUT2D eigenvalue weighted by molar-refractivity contribution is -0.136. The number of rotatable bonds is 3. The molecule has 1 saturated heterocycles. The van der Waals surface area contributed by atoms with Crippen LogP contribution in [0.2, 0.25) is 0 Å². The third-order valence-electron chi connectivity index (χ3n) is 1.35. The molecule has 0 saturated carbocycles. The number of methoxy groups -OCH3 is 1. The molecule has 1 atom stereocenters. The zero-order chi connectivity index (χ0) is 7.56. The van der Waals surface area contributed by atoms with Gasteiger partial charge in [-0.15, -0.1) is 0 Å². The molecule has 0 N–H and O–H groups in total. The SMILES string of the molecule is C=C(CC1CO1)C(=O)OC.[H]. The van der Waals surface area contributed by atoms with Gasteiger partial charge in [0.1, 0.15) is 0 Å². The highest BCUT2D eigenvalue weighted by atomic mass is 16.6. The molecule has 0 aromatic heterocycles. The number of ether oxygens (including phenoxy) is 2. The smallest absolute Gasteiger partial charge is 0.333 e. The van der Waals surface area contributed by atoms with E-state index in [2.05, 4.69) is 11.3 Å². The van der Waals surface area contributed by atoms with E-state index in [1.807, 2.05) is 0 Å². The summed E-state index contributed by atoms with van der Waals surface area (Å²) in [7, 11) is 1.35. The zero-order valence-electron chi connectivity index (χ0n) is 6.92. The summed E-state index contributed by atoms with van der Waals surface area (Å²) in [4.78, 5) is 10.7. The molecule has 1 radical (unpaired) electrons. The molecule has 0 bridgehead atoms. The van der Waals surface area contributed by atoms with Crippen LogP contribution in [-0.2, 0) is 14.3 Å². The highest BCUT2D eigenvalue weighted by molar-refractivity contribution is 5.87. The van der Waals surface area contributed by atoms with Crippen LogP contribution in [0.15, 0.2) is 12.2 Å². The van der Waals surface area contributed by atoms with Gasteiger partial charge in [0.05, 0.1) is 19.8 Å². The van der Waals surface area contributed by atoms with Gasteiger partial charge in [-0.1, -0.05) is 6.58 Å². The molecule has 0 aromatic carbocycles. The molecule has 0 aromatic rings. The average Bonchev–Trinajstić information content (AvgIpc) is 2.70. The fourth-order valence-electron chi connectivity index (χ4n) is 0.688. The standard InChI is InChI=1S/C7H10O3.H/c1-5(7(8)9-2)3-6-4-10-6;/h6H,1,3-4H2,2H3;. The van der Waals surface area contributed by atoms with Gasteiger partial charge in [-0.2, -0.15) is 0 Å². The van der Waals surface area contributed by atoms with Crippen molar-refractivity contribution in [2.75, 3.05) is 13.7 Å². The average molecular weight is 143 g/mol. The van der Waals surface area contributed by atoms with Crippen molar-refractivity contribution in [1.29, 1.82) is 0 Å². The van der Waals surface area contributed by atoms with E-state index in [4.69, 9.17) is 4.74 Å². The zero-order valence-corrected chi connectivity index (χ0v) is 5.92. The molecule has 1 rings (SSSR count). The minimum atomic E-state index is -0.337. The highest BCUT2D eigenvalue weighted by Crippen LogP contribution is 2.18. The normalized spacial score (nSPS) is 21.9. The second-order valence-corrected chi connectivity index (χ2v) is 2.25. The summed E-state index contributed by atoms with van der Waals surface area (Å²) in [5, 5.41) is 0. The largest absolute Gasteiger partial charge is 0.466 e. The third-order valence-corrected chi connectivity index (χ3v) is 1.35. The Morgan fingerprint density at radius 1 is 2.00 bits per heavy atom. The fraction of sp³-hybridized carbons (Fsp3) is 0.571. The van der Waals surface area contributed by atoms with E-state index in [-0.39, 0.29) is 13.5 Å². The van der Waals surface area contributed by atoms with Crippen molar-refractivity contribution >= 4 is 5.97 Å². The molecule has 0 aliphatic carbocycles. The molecular weight excluding hydrogens is 132 g/mol. The van der Waals surface area contributed by atoms with Gasteiger partial charge in [-0.05, 0) is 0 Å². The molecule has 1 aliphatic rings. The van der Waals surface area contributed by atoms with Crippen molar-refractivity contribution in [2.24, 2.45) is 0 Å². The first-order chi connectivity index (χ1) is 4.74. The van der Waals surface area contributed by atoms with Gasteiger partial charge < -0.3 is 9.47 Å². The third kappa shape index (κ3) is 1.84. The quantitative estimate of drug-likeness (QED) is 0.330. The molecule has 57 valence electrons. The first kappa shape index (κ1) is 7.28. The number of epoxide rings is 1. The van der Waals surface area contributed by atoms with Crippen molar-refractivity contribution in [3.8, 4) is 0 Å². The van der Waals surface area contributed by atoms with Crippen LogP contribution < -0.4 is 0 Å². The Hall–Kier alpha value is -0.830.